The number of halogens is 1. The number of amides is 2. The SMILES string of the molecule is O=C(O)C1CCN(C(=O)Nc2ccc(-c3ccco3)cc2F)C1. The molecule has 2 aromatic rings. The van der Waals surface area contributed by atoms with Crippen LogP contribution in [0.25, 0.3) is 11.3 Å². The number of carboxylic acids is 1. The summed E-state index contributed by atoms with van der Waals surface area (Å²) in [5, 5.41) is 11.4. The molecule has 0 aliphatic carbocycles. The lowest BCUT2D eigenvalue weighted by atomic mass is 10.1. The second-order valence-electron chi connectivity index (χ2n) is 5.37. The van der Waals surface area contributed by atoms with E-state index < -0.39 is 23.7 Å². The van der Waals surface area contributed by atoms with Crippen molar-refractivity contribution in [3.63, 3.8) is 0 Å². The van der Waals surface area contributed by atoms with Gasteiger partial charge in [-0.05, 0) is 36.8 Å². The fourth-order valence-corrected chi connectivity index (χ4v) is 2.55. The van der Waals surface area contributed by atoms with Gasteiger partial charge in [-0.2, -0.15) is 0 Å². The first-order chi connectivity index (χ1) is 11.0. The maximum Gasteiger partial charge on any atom is 0.321 e. The first-order valence-corrected chi connectivity index (χ1v) is 7.17. The van der Waals surface area contributed by atoms with Crippen molar-refractivity contribution in [2.75, 3.05) is 18.4 Å². The van der Waals surface area contributed by atoms with Gasteiger partial charge in [-0.15, -0.1) is 0 Å². The molecule has 120 valence electrons. The second kappa shape index (κ2) is 6.12. The van der Waals surface area contributed by atoms with Crippen LogP contribution in [0, 0.1) is 11.7 Å². The van der Waals surface area contributed by atoms with Crippen LogP contribution in [0.2, 0.25) is 0 Å². The van der Waals surface area contributed by atoms with Crippen molar-refractivity contribution in [1.29, 1.82) is 0 Å². The fourth-order valence-electron chi connectivity index (χ4n) is 2.55. The van der Waals surface area contributed by atoms with Crippen LogP contribution in [-0.4, -0.2) is 35.1 Å². The summed E-state index contributed by atoms with van der Waals surface area (Å²) in [6, 6.07) is 7.28. The van der Waals surface area contributed by atoms with Crippen molar-refractivity contribution >= 4 is 17.7 Å². The average Bonchev–Trinajstić information content (AvgIpc) is 3.20. The summed E-state index contributed by atoms with van der Waals surface area (Å²) in [5.41, 5.74) is 0.613. The molecule has 0 spiro atoms. The Morgan fingerprint density at radius 3 is 2.78 bits per heavy atom. The highest BCUT2D eigenvalue weighted by atomic mass is 19.1. The van der Waals surface area contributed by atoms with Crippen molar-refractivity contribution in [1.82, 2.24) is 4.90 Å². The summed E-state index contributed by atoms with van der Waals surface area (Å²) in [7, 11) is 0. The average molecular weight is 318 g/mol. The Hall–Kier alpha value is -2.83. The maximum atomic E-state index is 14.1. The second-order valence-corrected chi connectivity index (χ2v) is 5.37. The van der Waals surface area contributed by atoms with Crippen LogP contribution >= 0.6 is 0 Å². The summed E-state index contributed by atoms with van der Waals surface area (Å²) < 4.78 is 19.3. The number of hydrogen-bond donors (Lipinski definition) is 2. The van der Waals surface area contributed by atoms with E-state index in [1.807, 2.05) is 0 Å². The van der Waals surface area contributed by atoms with Crippen molar-refractivity contribution < 1.29 is 23.5 Å². The molecule has 23 heavy (non-hydrogen) atoms. The van der Waals surface area contributed by atoms with E-state index in [9.17, 15) is 14.0 Å². The highest BCUT2D eigenvalue weighted by Crippen LogP contribution is 2.25. The summed E-state index contributed by atoms with van der Waals surface area (Å²) in [6.45, 7) is 0.474. The van der Waals surface area contributed by atoms with Crippen LogP contribution in [0.5, 0.6) is 0 Å². The third kappa shape index (κ3) is 3.18. The normalized spacial score (nSPS) is 17.3. The minimum absolute atomic E-state index is 0.0454. The zero-order valence-corrected chi connectivity index (χ0v) is 12.2. The van der Waals surface area contributed by atoms with Gasteiger partial charge in [0.25, 0.3) is 0 Å². The molecule has 2 heterocycles. The molecule has 1 aliphatic heterocycles. The number of nitrogens with one attached hydrogen (secondary N) is 1. The maximum absolute atomic E-state index is 14.1. The first-order valence-electron chi connectivity index (χ1n) is 7.17. The molecule has 0 saturated carbocycles. The molecule has 1 saturated heterocycles. The van der Waals surface area contributed by atoms with Crippen LogP contribution in [0.3, 0.4) is 0 Å². The third-order valence-electron chi connectivity index (χ3n) is 3.84. The molecule has 2 N–H and O–H groups in total. The Morgan fingerprint density at radius 2 is 2.17 bits per heavy atom. The molecule has 1 unspecified atom stereocenters. The van der Waals surface area contributed by atoms with E-state index >= 15 is 0 Å². The number of furan rings is 1. The third-order valence-corrected chi connectivity index (χ3v) is 3.84. The molecule has 6 nitrogen and oxygen atoms in total. The molecule has 3 rings (SSSR count). The number of rotatable bonds is 3. The van der Waals surface area contributed by atoms with Crippen LogP contribution in [0.1, 0.15) is 6.42 Å². The largest absolute Gasteiger partial charge is 0.481 e. The van der Waals surface area contributed by atoms with E-state index in [1.165, 1.54) is 23.3 Å². The Balaban J connectivity index is 1.68. The van der Waals surface area contributed by atoms with Gasteiger partial charge >= 0.3 is 12.0 Å². The highest BCUT2D eigenvalue weighted by molar-refractivity contribution is 5.90. The van der Waals surface area contributed by atoms with Gasteiger partial charge in [-0.3, -0.25) is 4.79 Å². The molecule has 0 bridgehead atoms. The first kappa shape index (κ1) is 15.1. The minimum atomic E-state index is -0.922. The number of aliphatic carboxylic acids is 1. The van der Waals surface area contributed by atoms with Crippen molar-refractivity contribution in [3.05, 3.63) is 42.4 Å². The number of carbonyl (C=O) groups is 2. The van der Waals surface area contributed by atoms with E-state index in [0.717, 1.165) is 0 Å². The lowest BCUT2D eigenvalue weighted by molar-refractivity contribution is -0.141. The molecule has 1 aliphatic rings. The van der Waals surface area contributed by atoms with E-state index in [4.69, 9.17) is 9.52 Å². The number of likely N-dealkylation sites (tertiary alicyclic amines) is 1. The summed E-state index contributed by atoms with van der Waals surface area (Å²) >= 11 is 0. The Morgan fingerprint density at radius 1 is 1.35 bits per heavy atom. The van der Waals surface area contributed by atoms with Crippen molar-refractivity contribution in [2.45, 2.75) is 6.42 Å². The zero-order chi connectivity index (χ0) is 16.4. The molecule has 7 heteroatoms. The van der Waals surface area contributed by atoms with Gasteiger partial charge < -0.3 is 19.7 Å². The van der Waals surface area contributed by atoms with Crippen molar-refractivity contribution in [3.8, 4) is 11.3 Å². The predicted octanol–water partition coefficient (Wildman–Crippen LogP) is 3.02. The van der Waals surface area contributed by atoms with Gasteiger partial charge in [0.15, 0.2) is 0 Å². The topological polar surface area (TPSA) is 82.8 Å². The Kier molecular flexibility index (Phi) is 4.01. The lowest BCUT2D eigenvalue weighted by Gasteiger charge is -2.17. The predicted molar refractivity (Wildman–Crippen MR) is 80.4 cm³/mol. The molecular weight excluding hydrogens is 303 g/mol. The number of nitrogens with zero attached hydrogens (tertiary/aromatic N) is 1. The molecule has 1 aromatic heterocycles. The van der Waals surface area contributed by atoms with E-state index in [0.29, 0.717) is 24.3 Å². The summed E-state index contributed by atoms with van der Waals surface area (Å²) in [5.74, 6) is -1.53. The van der Waals surface area contributed by atoms with Crippen LogP contribution in [-0.2, 0) is 4.79 Å². The molecule has 1 atom stereocenters. The number of anilines is 1. The monoisotopic (exact) mass is 318 g/mol. The van der Waals surface area contributed by atoms with E-state index in [1.54, 1.807) is 18.2 Å². The Labute approximate surface area is 131 Å². The molecular formula is C16H15FN2O4. The van der Waals surface area contributed by atoms with Gasteiger partial charge in [0, 0.05) is 18.7 Å². The highest BCUT2D eigenvalue weighted by Gasteiger charge is 2.31. The smallest absolute Gasteiger partial charge is 0.321 e. The van der Waals surface area contributed by atoms with Gasteiger partial charge in [-0.25, -0.2) is 9.18 Å². The molecule has 1 fully saturated rings. The number of hydrogen-bond acceptors (Lipinski definition) is 3. The van der Waals surface area contributed by atoms with Gasteiger partial charge in [0.2, 0.25) is 0 Å². The van der Waals surface area contributed by atoms with Gasteiger partial charge in [0.1, 0.15) is 11.6 Å². The number of carboxylic acid groups (broad SMARTS) is 1. The quantitative estimate of drug-likeness (QED) is 0.911. The summed E-state index contributed by atoms with van der Waals surface area (Å²) in [6.07, 6.45) is 1.90. The van der Waals surface area contributed by atoms with Crippen molar-refractivity contribution in [2.24, 2.45) is 5.92 Å². The lowest BCUT2D eigenvalue weighted by Crippen LogP contribution is -2.34. The molecule has 0 radical (unpaired) electrons. The molecule has 1 aromatic carbocycles. The number of urea groups is 1. The Bertz CT molecular complexity index is 730. The van der Waals surface area contributed by atoms with Crippen LogP contribution in [0.15, 0.2) is 41.0 Å². The van der Waals surface area contributed by atoms with Crippen LogP contribution in [0.4, 0.5) is 14.9 Å². The van der Waals surface area contributed by atoms with Gasteiger partial charge in [0.05, 0.1) is 17.9 Å². The number of benzene rings is 1. The number of carbonyl (C=O) groups excluding carboxylic acids is 1. The van der Waals surface area contributed by atoms with E-state index in [2.05, 4.69) is 5.32 Å². The summed E-state index contributed by atoms with van der Waals surface area (Å²) in [4.78, 5) is 24.4. The minimum Gasteiger partial charge on any atom is -0.481 e. The zero-order valence-electron chi connectivity index (χ0n) is 12.2. The fraction of sp³-hybridized carbons (Fsp3) is 0.250. The van der Waals surface area contributed by atoms with E-state index in [-0.39, 0.29) is 12.2 Å². The van der Waals surface area contributed by atoms with Gasteiger partial charge in [-0.1, -0.05) is 0 Å². The van der Waals surface area contributed by atoms with Crippen LogP contribution < -0.4 is 5.32 Å². The molecule has 2 amide bonds. The standard InChI is InChI=1S/C16H15FN2O4/c17-12-8-10(14-2-1-7-23-14)3-4-13(12)18-16(22)19-6-5-11(9-19)15(20)21/h1-4,7-8,11H,5-6,9H2,(H,18,22)(H,20,21).